The monoisotopic (exact) mass is 430 g/mol. The Hall–Kier alpha value is -1.21. The van der Waals surface area contributed by atoms with Crippen molar-refractivity contribution >= 4 is 50.8 Å². The molecular formula is C14H8BrIO3. The van der Waals surface area contributed by atoms with E-state index >= 15 is 0 Å². The number of halogens is 2. The molecule has 0 saturated heterocycles. The first kappa shape index (κ1) is 14.2. The molecular weight excluding hydrogens is 423 g/mol. The van der Waals surface area contributed by atoms with Crippen molar-refractivity contribution in [2.45, 2.75) is 0 Å². The summed E-state index contributed by atoms with van der Waals surface area (Å²) in [6.07, 6.45) is 0.656. The highest BCUT2D eigenvalue weighted by atomic mass is 127. The quantitative estimate of drug-likeness (QED) is 0.319. The number of carbonyl (C=O) groups excluding carboxylic acids is 2. The van der Waals surface area contributed by atoms with Gasteiger partial charge < -0.3 is 4.74 Å². The summed E-state index contributed by atoms with van der Waals surface area (Å²) < 4.78 is 6.82. The Kier molecular flexibility index (Phi) is 4.71. The molecule has 2 aromatic rings. The molecule has 5 heteroatoms. The van der Waals surface area contributed by atoms with Gasteiger partial charge in [0.2, 0.25) is 0 Å². The van der Waals surface area contributed by atoms with Crippen LogP contribution in [0, 0.1) is 3.57 Å². The number of rotatable bonds is 3. The van der Waals surface area contributed by atoms with Gasteiger partial charge in [0.05, 0.1) is 11.1 Å². The van der Waals surface area contributed by atoms with Crippen LogP contribution in [0.1, 0.15) is 20.7 Å². The Bertz CT molecular complexity index is 640. The summed E-state index contributed by atoms with van der Waals surface area (Å²) in [5.74, 6) is -0.224. The molecule has 2 rings (SSSR count). The van der Waals surface area contributed by atoms with E-state index in [0.717, 1.165) is 8.04 Å². The van der Waals surface area contributed by atoms with Crippen molar-refractivity contribution in [3.8, 4) is 5.75 Å². The average Bonchev–Trinajstić information content (AvgIpc) is 2.41. The number of ether oxygens (including phenoxy) is 1. The van der Waals surface area contributed by atoms with Crippen molar-refractivity contribution in [3.63, 3.8) is 0 Å². The van der Waals surface area contributed by atoms with E-state index in [1.54, 1.807) is 30.3 Å². The maximum Gasteiger partial charge on any atom is 0.344 e. The van der Waals surface area contributed by atoms with Crippen LogP contribution in [0.4, 0.5) is 0 Å². The van der Waals surface area contributed by atoms with Gasteiger partial charge in [0, 0.05) is 8.04 Å². The zero-order valence-electron chi connectivity index (χ0n) is 9.60. The summed E-state index contributed by atoms with van der Waals surface area (Å²) in [5.41, 5.74) is 0.802. The van der Waals surface area contributed by atoms with E-state index in [2.05, 4.69) is 38.5 Å². The molecule has 3 nitrogen and oxygen atoms in total. The third-order valence-electron chi connectivity index (χ3n) is 2.40. The molecule has 0 N–H and O–H groups in total. The van der Waals surface area contributed by atoms with Crippen LogP contribution in [0.2, 0.25) is 0 Å². The molecule has 0 unspecified atom stereocenters. The Labute approximate surface area is 132 Å². The Morgan fingerprint density at radius 2 is 1.95 bits per heavy atom. The predicted octanol–water partition coefficient (Wildman–Crippen LogP) is 4.09. The third-order valence-corrected chi connectivity index (χ3v) is 3.83. The first-order chi connectivity index (χ1) is 9.11. The maximum atomic E-state index is 12.0. The molecule has 0 amide bonds. The van der Waals surface area contributed by atoms with E-state index < -0.39 is 5.97 Å². The minimum atomic E-state index is -0.476. The van der Waals surface area contributed by atoms with E-state index in [-0.39, 0.29) is 5.75 Å². The highest BCUT2D eigenvalue weighted by Crippen LogP contribution is 2.23. The van der Waals surface area contributed by atoms with Gasteiger partial charge in [-0.05, 0) is 52.9 Å². The molecule has 0 aliphatic heterocycles. The zero-order chi connectivity index (χ0) is 13.8. The third kappa shape index (κ3) is 3.42. The van der Waals surface area contributed by atoms with Gasteiger partial charge in [-0.2, -0.15) is 0 Å². The van der Waals surface area contributed by atoms with E-state index in [0.29, 0.717) is 17.4 Å². The molecule has 2 aromatic carbocycles. The number of hydrogen-bond acceptors (Lipinski definition) is 3. The van der Waals surface area contributed by atoms with Crippen molar-refractivity contribution in [2.24, 2.45) is 0 Å². The lowest BCUT2D eigenvalue weighted by Crippen LogP contribution is -2.11. The second-order valence-electron chi connectivity index (χ2n) is 3.67. The number of carbonyl (C=O) groups is 2. The standard InChI is InChI=1S/C14H8BrIO3/c15-10-5-6-13(9(7-10)8-17)19-14(18)11-3-1-2-4-12(11)16/h1-8H. The summed E-state index contributed by atoms with van der Waals surface area (Å²) in [6, 6.07) is 12.0. The minimum absolute atomic E-state index is 0.253. The van der Waals surface area contributed by atoms with E-state index in [1.165, 1.54) is 0 Å². The largest absolute Gasteiger partial charge is 0.422 e. The average molecular weight is 431 g/mol. The van der Waals surface area contributed by atoms with Crippen molar-refractivity contribution in [1.29, 1.82) is 0 Å². The van der Waals surface area contributed by atoms with Crippen LogP contribution in [-0.4, -0.2) is 12.3 Å². The number of aldehydes is 1. The number of benzene rings is 2. The summed E-state index contributed by atoms with van der Waals surface area (Å²) in [6.45, 7) is 0. The first-order valence-electron chi connectivity index (χ1n) is 5.33. The molecule has 0 heterocycles. The summed E-state index contributed by atoms with van der Waals surface area (Å²) in [4.78, 5) is 23.0. The van der Waals surface area contributed by atoms with Gasteiger partial charge in [0.1, 0.15) is 5.75 Å². The van der Waals surface area contributed by atoms with Crippen LogP contribution in [0.3, 0.4) is 0 Å². The Morgan fingerprint density at radius 3 is 2.63 bits per heavy atom. The minimum Gasteiger partial charge on any atom is -0.422 e. The lowest BCUT2D eigenvalue weighted by atomic mass is 10.2. The Balaban J connectivity index is 2.29. The van der Waals surface area contributed by atoms with Gasteiger partial charge in [-0.25, -0.2) is 4.79 Å². The first-order valence-corrected chi connectivity index (χ1v) is 7.20. The van der Waals surface area contributed by atoms with Crippen molar-refractivity contribution in [1.82, 2.24) is 0 Å². The summed E-state index contributed by atoms with van der Waals surface area (Å²) >= 11 is 5.32. The summed E-state index contributed by atoms with van der Waals surface area (Å²) in [5, 5.41) is 0. The SMILES string of the molecule is O=Cc1cc(Br)ccc1OC(=O)c1ccccc1I. The van der Waals surface area contributed by atoms with Crippen LogP contribution in [0.5, 0.6) is 5.75 Å². The number of hydrogen-bond donors (Lipinski definition) is 0. The molecule has 0 fully saturated rings. The second kappa shape index (κ2) is 6.29. The number of esters is 1. The lowest BCUT2D eigenvalue weighted by molar-refractivity contribution is 0.0732. The van der Waals surface area contributed by atoms with Crippen molar-refractivity contribution < 1.29 is 14.3 Å². The molecule has 0 saturated carbocycles. The molecule has 96 valence electrons. The van der Waals surface area contributed by atoms with Crippen LogP contribution in [-0.2, 0) is 0 Å². The van der Waals surface area contributed by atoms with Crippen LogP contribution >= 0.6 is 38.5 Å². The summed E-state index contributed by atoms with van der Waals surface area (Å²) in [7, 11) is 0. The topological polar surface area (TPSA) is 43.4 Å². The zero-order valence-corrected chi connectivity index (χ0v) is 13.3. The normalized spacial score (nSPS) is 10.0. The lowest BCUT2D eigenvalue weighted by Gasteiger charge is -2.08. The van der Waals surface area contributed by atoms with E-state index in [9.17, 15) is 9.59 Å². The molecule has 19 heavy (non-hydrogen) atoms. The van der Waals surface area contributed by atoms with Gasteiger partial charge in [0.15, 0.2) is 6.29 Å². The molecule has 0 spiro atoms. The van der Waals surface area contributed by atoms with Crippen molar-refractivity contribution in [2.75, 3.05) is 0 Å². The smallest absolute Gasteiger partial charge is 0.344 e. The van der Waals surface area contributed by atoms with Crippen LogP contribution < -0.4 is 4.74 Å². The van der Waals surface area contributed by atoms with Gasteiger partial charge in [-0.1, -0.05) is 28.1 Å². The molecule has 0 radical (unpaired) electrons. The molecule has 0 bridgehead atoms. The molecule has 0 aliphatic rings. The maximum absolute atomic E-state index is 12.0. The highest BCUT2D eigenvalue weighted by molar-refractivity contribution is 14.1. The molecule has 0 aliphatic carbocycles. The molecule has 0 atom stereocenters. The predicted molar refractivity (Wildman–Crippen MR) is 83.6 cm³/mol. The van der Waals surface area contributed by atoms with Crippen LogP contribution in [0.25, 0.3) is 0 Å². The van der Waals surface area contributed by atoms with Gasteiger partial charge >= 0.3 is 5.97 Å². The van der Waals surface area contributed by atoms with E-state index in [1.807, 2.05) is 12.1 Å². The molecule has 0 aromatic heterocycles. The fourth-order valence-electron chi connectivity index (χ4n) is 1.49. The van der Waals surface area contributed by atoms with Crippen LogP contribution in [0.15, 0.2) is 46.9 Å². The van der Waals surface area contributed by atoms with Gasteiger partial charge in [-0.15, -0.1) is 0 Å². The fraction of sp³-hybridized carbons (Fsp3) is 0. The van der Waals surface area contributed by atoms with E-state index in [4.69, 9.17) is 4.74 Å². The van der Waals surface area contributed by atoms with Gasteiger partial charge in [-0.3, -0.25) is 4.79 Å². The fourth-order valence-corrected chi connectivity index (χ4v) is 2.47. The second-order valence-corrected chi connectivity index (χ2v) is 5.75. The van der Waals surface area contributed by atoms with Gasteiger partial charge in [0.25, 0.3) is 0 Å². The van der Waals surface area contributed by atoms with Crippen molar-refractivity contribution in [3.05, 3.63) is 61.6 Å². The highest BCUT2D eigenvalue weighted by Gasteiger charge is 2.14. The Morgan fingerprint density at radius 1 is 1.21 bits per heavy atom.